The van der Waals surface area contributed by atoms with Gasteiger partial charge in [-0.2, -0.15) is 13.2 Å². The molecule has 8 heteroatoms. The first-order valence-corrected chi connectivity index (χ1v) is 6.25. The predicted molar refractivity (Wildman–Crippen MR) is 68.2 cm³/mol. The van der Waals surface area contributed by atoms with Crippen molar-refractivity contribution in [3.63, 3.8) is 0 Å². The maximum absolute atomic E-state index is 13.1. The van der Waals surface area contributed by atoms with E-state index in [0.717, 1.165) is 12.1 Å². The van der Waals surface area contributed by atoms with Crippen LogP contribution >= 0.6 is 0 Å². The lowest BCUT2D eigenvalue weighted by Crippen LogP contribution is -2.34. The molecule has 21 heavy (non-hydrogen) atoms. The highest BCUT2D eigenvalue weighted by molar-refractivity contribution is 5.89. The van der Waals surface area contributed by atoms with Gasteiger partial charge in [-0.1, -0.05) is 0 Å². The van der Waals surface area contributed by atoms with Crippen LogP contribution in [0.25, 0.3) is 0 Å². The van der Waals surface area contributed by atoms with Crippen molar-refractivity contribution in [2.75, 3.05) is 24.5 Å². The third-order valence-corrected chi connectivity index (χ3v) is 3.15. The molecule has 1 aliphatic heterocycles. The lowest BCUT2D eigenvalue weighted by molar-refractivity contribution is -0.137. The number of carboxylic acids is 1. The SMILES string of the molecule is O=C1CN(c2ccc(C(=O)O)cc2C(F)(F)F)CCCN1. The topological polar surface area (TPSA) is 69.6 Å². The van der Waals surface area contributed by atoms with E-state index in [1.165, 1.54) is 4.90 Å². The fourth-order valence-electron chi connectivity index (χ4n) is 2.18. The summed E-state index contributed by atoms with van der Waals surface area (Å²) in [6.07, 6.45) is -4.17. The molecule has 0 aliphatic carbocycles. The molecule has 1 aliphatic rings. The average Bonchev–Trinajstić information content (AvgIpc) is 2.61. The van der Waals surface area contributed by atoms with Crippen LogP contribution in [-0.4, -0.2) is 36.6 Å². The maximum Gasteiger partial charge on any atom is 0.418 e. The average molecular weight is 302 g/mol. The quantitative estimate of drug-likeness (QED) is 0.873. The van der Waals surface area contributed by atoms with Crippen LogP contribution in [0.2, 0.25) is 0 Å². The van der Waals surface area contributed by atoms with Crippen LogP contribution in [0.5, 0.6) is 0 Å². The van der Waals surface area contributed by atoms with Crippen LogP contribution in [0.1, 0.15) is 22.3 Å². The number of amides is 1. The molecule has 0 bridgehead atoms. The first kappa shape index (κ1) is 15.1. The molecule has 1 amide bonds. The summed E-state index contributed by atoms with van der Waals surface area (Å²) in [6.45, 7) is 0.508. The number of carboxylic acid groups (broad SMARTS) is 1. The van der Waals surface area contributed by atoms with E-state index >= 15 is 0 Å². The van der Waals surface area contributed by atoms with Crippen LogP contribution in [0.3, 0.4) is 0 Å². The summed E-state index contributed by atoms with van der Waals surface area (Å²) in [7, 11) is 0. The van der Waals surface area contributed by atoms with Crippen LogP contribution < -0.4 is 10.2 Å². The second kappa shape index (κ2) is 5.63. The van der Waals surface area contributed by atoms with Gasteiger partial charge in [0.05, 0.1) is 17.7 Å². The van der Waals surface area contributed by atoms with E-state index < -0.39 is 23.3 Å². The normalized spacial score (nSPS) is 16.3. The van der Waals surface area contributed by atoms with Gasteiger partial charge in [-0.3, -0.25) is 4.79 Å². The number of rotatable bonds is 2. The minimum absolute atomic E-state index is 0.176. The summed E-state index contributed by atoms with van der Waals surface area (Å²) in [4.78, 5) is 23.6. The molecule has 5 nitrogen and oxygen atoms in total. The summed E-state index contributed by atoms with van der Waals surface area (Å²) >= 11 is 0. The summed E-state index contributed by atoms with van der Waals surface area (Å²) in [6, 6.07) is 2.81. The molecular formula is C13H13F3N2O3. The number of halogens is 3. The Labute approximate surface area is 118 Å². The zero-order chi connectivity index (χ0) is 15.6. The Hall–Kier alpha value is -2.25. The van der Waals surface area contributed by atoms with Crippen molar-refractivity contribution in [3.8, 4) is 0 Å². The second-order valence-electron chi connectivity index (χ2n) is 4.66. The van der Waals surface area contributed by atoms with E-state index in [4.69, 9.17) is 5.11 Å². The van der Waals surface area contributed by atoms with E-state index in [0.29, 0.717) is 19.0 Å². The number of alkyl halides is 3. The van der Waals surface area contributed by atoms with Crippen molar-refractivity contribution in [2.24, 2.45) is 0 Å². The summed E-state index contributed by atoms with van der Waals surface area (Å²) in [5, 5.41) is 11.4. The molecule has 1 aromatic carbocycles. The number of hydrogen-bond donors (Lipinski definition) is 2. The van der Waals surface area contributed by atoms with E-state index in [1.807, 2.05) is 0 Å². The first-order valence-electron chi connectivity index (χ1n) is 6.25. The lowest BCUT2D eigenvalue weighted by atomic mass is 10.1. The fourth-order valence-corrected chi connectivity index (χ4v) is 2.18. The van der Waals surface area contributed by atoms with Gasteiger partial charge >= 0.3 is 12.1 Å². The molecular weight excluding hydrogens is 289 g/mol. The molecule has 1 heterocycles. The number of anilines is 1. The Kier molecular flexibility index (Phi) is 4.06. The minimum Gasteiger partial charge on any atom is -0.478 e. The molecule has 0 spiro atoms. The summed E-state index contributed by atoms with van der Waals surface area (Å²) in [5.41, 5.74) is -1.66. The van der Waals surface area contributed by atoms with Gasteiger partial charge in [-0.25, -0.2) is 4.79 Å². The van der Waals surface area contributed by atoms with E-state index in [9.17, 15) is 22.8 Å². The largest absolute Gasteiger partial charge is 0.478 e. The van der Waals surface area contributed by atoms with Crippen LogP contribution in [0, 0.1) is 0 Å². The van der Waals surface area contributed by atoms with Gasteiger partial charge < -0.3 is 15.3 Å². The van der Waals surface area contributed by atoms with Gasteiger partial charge in [0.1, 0.15) is 0 Å². The zero-order valence-electron chi connectivity index (χ0n) is 10.9. The maximum atomic E-state index is 13.1. The molecule has 1 saturated heterocycles. The fraction of sp³-hybridized carbons (Fsp3) is 0.385. The number of aromatic carboxylic acids is 1. The smallest absolute Gasteiger partial charge is 0.418 e. The van der Waals surface area contributed by atoms with E-state index in [1.54, 1.807) is 0 Å². The highest BCUT2D eigenvalue weighted by Gasteiger charge is 2.36. The molecule has 2 rings (SSSR count). The zero-order valence-corrected chi connectivity index (χ0v) is 10.9. The number of benzene rings is 1. The van der Waals surface area contributed by atoms with Crippen molar-refractivity contribution >= 4 is 17.6 Å². The van der Waals surface area contributed by atoms with Crippen molar-refractivity contribution < 1.29 is 27.9 Å². The second-order valence-corrected chi connectivity index (χ2v) is 4.66. The van der Waals surface area contributed by atoms with Gasteiger partial charge in [-0.05, 0) is 24.6 Å². The Balaban J connectivity index is 2.46. The summed E-state index contributed by atoms with van der Waals surface area (Å²) < 4.78 is 39.4. The van der Waals surface area contributed by atoms with Crippen molar-refractivity contribution in [2.45, 2.75) is 12.6 Å². The Bertz CT molecular complexity index is 572. The van der Waals surface area contributed by atoms with Crippen LogP contribution in [0.4, 0.5) is 18.9 Å². The standard InChI is InChI=1S/C13H13F3N2O3/c14-13(15,16)9-6-8(12(20)21)2-3-10(9)18-5-1-4-17-11(19)7-18/h2-3,6H,1,4-5,7H2,(H,17,19)(H,20,21). The number of nitrogens with zero attached hydrogens (tertiary/aromatic N) is 1. The van der Waals surface area contributed by atoms with Crippen molar-refractivity contribution in [3.05, 3.63) is 29.3 Å². The van der Waals surface area contributed by atoms with E-state index in [-0.39, 0.29) is 24.7 Å². The number of hydrogen-bond acceptors (Lipinski definition) is 3. The molecule has 114 valence electrons. The van der Waals surface area contributed by atoms with Gasteiger partial charge in [0.25, 0.3) is 0 Å². The molecule has 1 fully saturated rings. The molecule has 1 aromatic rings. The highest BCUT2D eigenvalue weighted by atomic mass is 19.4. The molecule has 0 aromatic heterocycles. The van der Waals surface area contributed by atoms with Gasteiger partial charge in [0.15, 0.2) is 0 Å². The Morgan fingerprint density at radius 1 is 1.33 bits per heavy atom. The predicted octanol–water partition coefficient (Wildman–Crippen LogP) is 1.73. The molecule has 0 atom stereocenters. The van der Waals surface area contributed by atoms with Crippen molar-refractivity contribution in [1.82, 2.24) is 5.32 Å². The monoisotopic (exact) mass is 302 g/mol. The first-order chi connectivity index (χ1) is 9.79. The third kappa shape index (κ3) is 3.45. The molecule has 2 N–H and O–H groups in total. The third-order valence-electron chi connectivity index (χ3n) is 3.15. The summed E-state index contributed by atoms with van der Waals surface area (Å²) in [5.74, 6) is -1.79. The van der Waals surface area contributed by atoms with Crippen LogP contribution in [0.15, 0.2) is 18.2 Å². The van der Waals surface area contributed by atoms with Crippen LogP contribution in [-0.2, 0) is 11.0 Å². The number of nitrogens with one attached hydrogen (secondary N) is 1. The molecule has 0 saturated carbocycles. The van der Waals surface area contributed by atoms with Gasteiger partial charge in [0, 0.05) is 18.8 Å². The van der Waals surface area contributed by atoms with Crippen molar-refractivity contribution in [1.29, 1.82) is 0 Å². The highest BCUT2D eigenvalue weighted by Crippen LogP contribution is 2.37. The number of carbonyl (C=O) groups excluding carboxylic acids is 1. The molecule has 0 radical (unpaired) electrons. The Morgan fingerprint density at radius 3 is 2.67 bits per heavy atom. The van der Waals surface area contributed by atoms with E-state index in [2.05, 4.69) is 5.32 Å². The lowest BCUT2D eigenvalue weighted by Gasteiger charge is -2.25. The number of carbonyl (C=O) groups is 2. The van der Waals surface area contributed by atoms with Gasteiger partial charge in [-0.15, -0.1) is 0 Å². The Morgan fingerprint density at radius 2 is 2.05 bits per heavy atom. The molecule has 0 unspecified atom stereocenters. The van der Waals surface area contributed by atoms with Gasteiger partial charge in [0.2, 0.25) is 5.91 Å². The minimum atomic E-state index is -4.69.